The van der Waals surface area contributed by atoms with Crippen LogP contribution in [0.2, 0.25) is 0 Å². The minimum absolute atomic E-state index is 0.513. The average molecular weight is 1120 g/mol. The van der Waals surface area contributed by atoms with E-state index < -0.39 is 0 Å². The van der Waals surface area contributed by atoms with Crippen LogP contribution in [-0.4, -0.2) is 33.2 Å². The Bertz CT molecular complexity index is 5520. The molecular formula is C81H51N7. The first-order valence-electron chi connectivity index (χ1n) is 29.9. The molecule has 0 radical (unpaired) electrons. The van der Waals surface area contributed by atoms with Crippen LogP contribution >= 0.6 is 0 Å². The number of hydrogen-bond donors (Lipinski definition) is 0. The highest BCUT2D eigenvalue weighted by Crippen LogP contribution is 2.42. The van der Waals surface area contributed by atoms with Crippen LogP contribution in [0.5, 0.6) is 0 Å². The van der Waals surface area contributed by atoms with Gasteiger partial charge in [-0.1, -0.05) is 231 Å². The van der Waals surface area contributed by atoms with Gasteiger partial charge in [-0.15, -0.1) is 0 Å². The lowest BCUT2D eigenvalue weighted by Crippen LogP contribution is -2.10. The fourth-order valence-corrected chi connectivity index (χ4v) is 13.9. The van der Waals surface area contributed by atoms with Crippen molar-refractivity contribution in [2.45, 2.75) is 0 Å². The van der Waals surface area contributed by atoms with E-state index in [2.05, 4.69) is 328 Å². The Morgan fingerprint density at radius 1 is 0.182 bits per heavy atom. The van der Waals surface area contributed by atoms with Gasteiger partial charge in [-0.25, -0.2) is 0 Å². The number of rotatable bonds is 9. The van der Waals surface area contributed by atoms with E-state index >= 15 is 0 Å². The first-order chi connectivity index (χ1) is 43.6. The van der Waals surface area contributed by atoms with E-state index in [9.17, 15) is 0 Å². The summed E-state index contributed by atoms with van der Waals surface area (Å²) in [7, 11) is 0. The van der Waals surface area contributed by atoms with Gasteiger partial charge in [0.2, 0.25) is 11.9 Å². The number of aromatic nitrogens is 7. The van der Waals surface area contributed by atoms with Crippen LogP contribution in [0.1, 0.15) is 0 Å². The lowest BCUT2D eigenvalue weighted by molar-refractivity contribution is 0.893. The van der Waals surface area contributed by atoms with Crippen LogP contribution in [0.15, 0.2) is 309 Å². The van der Waals surface area contributed by atoms with Crippen LogP contribution in [0.3, 0.4) is 0 Å². The zero-order chi connectivity index (χ0) is 57.8. The van der Waals surface area contributed by atoms with E-state index in [1.54, 1.807) is 0 Å². The lowest BCUT2D eigenvalue weighted by Gasteiger charge is -2.14. The second kappa shape index (κ2) is 19.8. The molecule has 0 amide bonds. The third-order valence-electron chi connectivity index (χ3n) is 17.8. The number of hydrogen-bond acceptors (Lipinski definition) is 3. The first kappa shape index (κ1) is 49.5. The van der Waals surface area contributed by atoms with Crippen LogP contribution in [-0.2, 0) is 0 Å². The second-order valence-electron chi connectivity index (χ2n) is 22.8. The highest BCUT2D eigenvalue weighted by Gasteiger charge is 2.23. The van der Waals surface area contributed by atoms with Gasteiger partial charge in [0, 0.05) is 60.0 Å². The molecule has 0 aliphatic heterocycles. The highest BCUT2D eigenvalue weighted by molar-refractivity contribution is 6.14. The first-order valence-corrected chi connectivity index (χ1v) is 29.9. The monoisotopic (exact) mass is 1120 g/mol. The van der Waals surface area contributed by atoms with E-state index in [1.807, 2.05) is 0 Å². The molecule has 0 unspecified atom stereocenters. The van der Waals surface area contributed by atoms with Crippen molar-refractivity contribution < 1.29 is 0 Å². The fourth-order valence-electron chi connectivity index (χ4n) is 13.9. The number of nitrogens with zero attached hydrogens (tertiary/aromatic N) is 7. The van der Waals surface area contributed by atoms with Crippen molar-refractivity contribution in [3.05, 3.63) is 309 Å². The molecule has 0 spiro atoms. The lowest BCUT2D eigenvalue weighted by atomic mass is 9.94. The van der Waals surface area contributed by atoms with Crippen LogP contribution in [0.25, 0.3) is 166 Å². The van der Waals surface area contributed by atoms with E-state index in [1.165, 1.54) is 32.6 Å². The van der Waals surface area contributed by atoms with Crippen molar-refractivity contribution in [2.24, 2.45) is 0 Å². The Balaban J connectivity index is 0.868. The van der Waals surface area contributed by atoms with Gasteiger partial charge < -0.3 is 9.13 Å². The van der Waals surface area contributed by atoms with E-state index in [-0.39, 0.29) is 0 Å². The van der Waals surface area contributed by atoms with Gasteiger partial charge in [-0.2, -0.15) is 15.0 Å². The molecule has 0 fully saturated rings. The molecule has 7 nitrogen and oxygen atoms in total. The minimum Gasteiger partial charge on any atom is -0.309 e. The average Bonchev–Trinajstić information content (AvgIpc) is 2.93. The Hall–Kier alpha value is -11.9. The summed E-state index contributed by atoms with van der Waals surface area (Å²) in [6, 6.07) is 111. The summed E-state index contributed by atoms with van der Waals surface area (Å²) in [5.41, 5.74) is 20.6. The summed E-state index contributed by atoms with van der Waals surface area (Å²) in [5.74, 6) is 1.58. The number of fused-ring (bicyclic) bond motifs is 12. The maximum Gasteiger partial charge on any atom is 0.240 e. The molecule has 0 N–H and O–H groups in total. The normalized spacial score (nSPS) is 11.9. The molecule has 410 valence electrons. The predicted molar refractivity (Wildman–Crippen MR) is 364 cm³/mol. The summed E-state index contributed by atoms with van der Waals surface area (Å²) in [6.45, 7) is 0. The summed E-state index contributed by atoms with van der Waals surface area (Å²) in [5, 5.41) is 9.29. The van der Waals surface area contributed by atoms with Crippen LogP contribution in [0, 0.1) is 0 Å². The van der Waals surface area contributed by atoms with Gasteiger partial charge in [0.1, 0.15) is 0 Å². The van der Waals surface area contributed by atoms with Gasteiger partial charge in [0.05, 0.1) is 44.1 Å². The van der Waals surface area contributed by atoms with E-state index in [0.717, 1.165) is 116 Å². The number of benzene rings is 13. The molecule has 0 atom stereocenters. The molecule has 7 heteroatoms. The SMILES string of the molecule is c1ccc(-c2ccccc2-c2cccc(-c3nc(-n4c5ccccc5c5ccc(-c6ccc7c8ccccc8n(-c8ccccc8)c7c6)cc54)nc(-n4c5ccccc5c5ccc(-c6ccc7c8ccccc8n(-c8ccccc8)c7c6)cc54)n3)c2)cc1. The molecule has 0 saturated carbocycles. The van der Waals surface area contributed by atoms with Crippen LogP contribution in [0.4, 0.5) is 0 Å². The van der Waals surface area contributed by atoms with Gasteiger partial charge in [-0.05, 0) is 123 Å². The van der Waals surface area contributed by atoms with Gasteiger partial charge >= 0.3 is 0 Å². The Kier molecular flexibility index (Phi) is 11.2. The second-order valence-corrected chi connectivity index (χ2v) is 22.8. The van der Waals surface area contributed by atoms with Crippen molar-refractivity contribution in [3.63, 3.8) is 0 Å². The Morgan fingerprint density at radius 2 is 0.489 bits per heavy atom. The largest absolute Gasteiger partial charge is 0.309 e. The maximum absolute atomic E-state index is 5.70. The summed E-state index contributed by atoms with van der Waals surface area (Å²) in [4.78, 5) is 16.9. The molecule has 5 aromatic heterocycles. The molecule has 18 aromatic rings. The summed E-state index contributed by atoms with van der Waals surface area (Å²) >= 11 is 0. The maximum atomic E-state index is 5.70. The molecular weight excluding hydrogens is 1070 g/mol. The molecule has 88 heavy (non-hydrogen) atoms. The zero-order valence-electron chi connectivity index (χ0n) is 47.6. The highest BCUT2D eigenvalue weighted by atomic mass is 15.3. The van der Waals surface area contributed by atoms with Crippen LogP contribution < -0.4 is 0 Å². The molecule has 0 aliphatic rings. The molecule has 0 bridgehead atoms. The minimum atomic E-state index is 0.513. The van der Waals surface area contributed by atoms with Crippen molar-refractivity contribution in [1.82, 2.24) is 33.2 Å². The standard InChI is InChI=1S/C81H51N7/c1-4-21-52(22-5-1)61-29-10-11-30-62(61)57-23-20-24-58(47-57)79-82-80(87-73-37-18-14-33-65(73)69-45-41-55(50-77(69)87)53-39-43-67-63-31-12-16-35-71(63)85(75(67)48-53)59-25-6-2-7-26-59)84-81(83-79)88-74-38-19-15-34-66(74)70-46-42-56(51-78(70)88)54-40-44-68-64-32-13-17-36-72(64)86(76(68)49-54)60-27-8-3-9-28-60/h1-51H. The van der Waals surface area contributed by atoms with Gasteiger partial charge in [-0.3, -0.25) is 9.13 Å². The van der Waals surface area contributed by atoms with Gasteiger partial charge in [0.15, 0.2) is 5.82 Å². The van der Waals surface area contributed by atoms with Crippen molar-refractivity contribution in [1.29, 1.82) is 0 Å². The quantitative estimate of drug-likeness (QED) is 0.145. The zero-order valence-corrected chi connectivity index (χ0v) is 47.6. The molecule has 13 aromatic carbocycles. The third kappa shape index (κ3) is 7.81. The third-order valence-corrected chi connectivity index (χ3v) is 17.8. The topological polar surface area (TPSA) is 58.4 Å². The van der Waals surface area contributed by atoms with Crippen molar-refractivity contribution in [3.8, 4) is 79.2 Å². The smallest absolute Gasteiger partial charge is 0.240 e. The number of para-hydroxylation sites is 6. The Morgan fingerprint density at radius 3 is 0.909 bits per heavy atom. The predicted octanol–water partition coefficient (Wildman–Crippen LogP) is 20.6. The van der Waals surface area contributed by atoms with Crippen molar-refractivity contribution in [2.75, 3.05) is 0 Å². The van der Waals surface area contributed by atoms with E-state index in [4.69, 9.17) is 15.0 Å². The summed E-state index contributed by atoms with van der Waals surface area (Å²) in [6.07, 6.45) is 0. The summed E-state index contributed by atoms with van der Waals surface area (Å²) < 4.78 is 9.26. The Labute approximate surface area is 506 Å². The molecule has 18 rings (SSSR count). The molecule has 0 saturated heterocycles. The molecule has 5 heterocycles. The van der Waals surface area contributed by atoms with Crippen molar-refractivity contribution >= 4 is 87.2 Å². The fraction of sp³-hybridized carbons (Fsp3) is 0. The van der Waals surface area contributed by atoms with E-state index in [0.29, 0.717) is 17.7 Å². The van der Waals surface area contributed by atoms with Gasteiger partial charge in [0.25, 0.3) is 0 Å². The molecule has 0 aliphatic carbocycles.